The fourth-order valence-corrected chi connectivity index (χ4v) is 2.47. The first-order valence-corrected chi connectivity index (χ1v) is 7.78. The summed E-state index contributed by atoms with van der Waals surface area (Å²) in [6.45, 7) is 10.3. The van der Waals surface area contributed by atoms with Crippen LogP contribution < -0.4 is 11.1 Å². The highest BCUT2D eigenvalue weighted by atomic mass is 35.5. The Hall–Kier alpha value is -1.86. The first-order valence-electron chi connectivity index (χ1n) is 7.78. The molecule has 2 aromatic rings. The van der Waals surface area contributed by atoms with E-state index in [2.05, 4.69) is 20.6 Å². The van der Waals surface area contributed by atoms with Crippen molar-refractivity contribution in [3.63, 3.8) is 0 Å². The molecule has 134 valence electrons. The van der Waals surface area contributed by atoms with E-state index in [0.29, 0.717) is 12.2 Å². The number of aryl methyl sites for hydroxylation is 2. The van der Waals surface area contributed by atoms with E-state index in [0.717, 1.165) is 22.6 Å². The normalized spacial score (nSPS) is 13.5. The molecule has 1 unspecified atom stereocenters. The number of nitrogens with one attached hydrogen (secondary N) is 2. The number of nitrogens with two attached hydrogens (primary N) is 1. The van der Waals surface area contributed by atoms with Gasteiger partial charge in [-0.25, -0.2) is 0 Å². The third-order valence-electron chi connectivity index (χ3n) is 4.69. The van der Waals surface area contributed by atoms with Gasteiger partial charge in [-0.05, 0) is 32.8 Å². The van der Waals surface area contributed by atoms with Crippen molar-refractivity contribution in [1.82, 2.24) is 25.3 Å². The Morgan fingerprint density at radius 1 is 1.46 bits per heavy atom. The van der Waals surface area contributed by atoms with Crippen molar-refractivity contribution in [3.8, 4) is 11.3 Å². The number of nitrogens with zero attached hydrogens (tertiary/aromatic N) is 3. The van der Waals surface area contributed by atoms with E-state index in [1.54, 1.807) is 6.07 Å². The summed E-state index contributed by atoms with van der Waals surface area (Å²) in [5, 5.41) is 14.5. The SMILES string of the molecule is Cc1nn(C)c(C)c1-c1cc(C(=O)NC(C)(CN)C(C)C)[nH]n1.Cl. The van der Waals surface area contributed by atoms with E-state index in [1.165, 1.54) is 0 Å². The summed E-state index contributed by atoms with van der Waals surface area (Å²) < 4.78 is 1.81. The molecule has 0 aromatic carbocycles. The van der Waals surface area contributed by atoms with Crippen LogP contribution in [0.3, 0.4) is 0 Å². The van der Waals surface area contributed by atoms with Crippen LogP contribution in [0.25, 0.3) is 11.3 Å². The third-order valence-corrected chi connectivity index (χ3v) is 4.69. The molecular weight excluding hydrogens is 328 g/mol. The average molecular weight is 355 g/mol. The first-order chi connectivity index (χ1) is 10.7. The molecule has 1 atom stereocenters. The van der Waals surface area contributed by atoms with Crippen LogP contribution in [0.15, 0.2) is 6.07 Å². The van der Waals surface area contributed by atoms with Gasteiger partial charge in [0, 0.05) is 24.8 Å². The second kappa shape index (κ2) is 7.36. The number of hydrogen-bond donors (Lipinski definition) is 3. The van der Waals surface area contributed by atoms with Gasteiger partial charge >= 0.3 is 0 Å². The van der Waals surface area contributed by atoms with Crippen molar-refractivity contribution in [2.45, 2.75) is 40.2 Å². The summed E-state index contributed by atoms with van der Waals surface area (Å²) in [6.07, 6.45) is 0. The number of aromatic nitrogens is 4. The molecule has 0 aliphatic carbocycles. The van der Waals surface area contributed by atoms with Crippen molar-refractivity contribution in [2.24, 2.45) is 18.7 Å². The zero-order valence-electron chi connectivity index (χ0n) is 15.1. The van der Waals surface area contributed by atoms with Gasteiger partial charge in [0.05, 0.1) is 16.9 Å². The lowest BCUT2D eigenvalue weighted by Crippen LogP contribution is -2.55. The van der Waals surface area contributed by atoms with Gasteiger partial charge in [0.1, 0.15) is 5.69 Å². The summed E-state index contributed by atoms with van der Waals surface area (Å²) in [5.74, 6) is 0.0197. The molecule has 2 rings (SSSR count). The highest BCUT2D eigenvalue weighted by Gasteiger charge is 2.29. The van der Waals surface area contributed by atoms with E-state index in [1.807, 2.05) is 46.3 Å². The Morgan fingerprint density at radius 3 is 2.54 bits per heavy atom. The summed E-state index contributed by atoms with van der Waals surface area (Å²) >= 11 is 0. The van der Waals surface area contributed by atoms with Crippen molar-refractivity contribution < 1.29 is 4.79 Å². The number of halogens is 1. The number of carbonyl (C=O) groups is 1. The summed E-state index contributed by atoms with van der Waals surface area (Å²) in [4.78, 5) is 12.5. The molecule has 2 aromatic heterocycles. The minimum atomic E-state index is -0.456. The first kappa shape index (κ1) is 20.2. The minimum Gasteiger partial charge on any atom is -0.344 e. The smallest absolute Gasteiger partial charge is 0.269 e. The molecule has 2 heterocycles. The van der Waals surface area contributed by atoms with Gasteiger partial charge < -0.3 is 11.1 Å². The second-order valence-electron chi connectivity index (χ2n) is 6.57. The van der Waals surface area contributed by atoms with E-state index in [9.17, 15) is 4.79 Å². The van der Waals surface area contributed by atoms with Gasteiger partial charge in [-0.1, -0.05) is 13.8 Å². The van der Waals surface area contributed by atoms with Gasteiger partial charge in [0.25, 0.3) is 5.91 Å². The fourth-order valence-electron chi connectivity index (χ4n) is 2.47. The molecule has 0 radical (unpaired) electrons. The van der Waals surface area contributed by atoms with Crippen LogP contribution in [0.5, 0.6) is 0 Å². The number of hydrogen-bond acceptors (Lipinski definition) is 4. The number of rotatable bonds is 5. The zero-order valence-corrected chi connectivity index (χ0v) is 15.9. The zero-order chi connectivity index (χ0) is 17.4. The molecule has 0 saturated carbocycles. The van der Waals surface area contributed by atoms with Crippen LogP contribution in [0.2, 0.25) is 0 Å². The van der Waals surface area contributed by atoms with Crippen LogP contribution in [0.4, 0.5) is 0 Å². The van der Waals surface area contributed by atoms with E-state index in [-0.39, 0.29) is 24.2 Å². The van der Waals surface area contributed by atoms with Gasteiger partial charge in [-0.15, -0.1) is 12.4 Å². The molecule has 7 nitrogen and oxygen atoms in total. The van der Waals surface area contributed by atoms with Crippen molar-refractivity contribution in [3.05, 3.63) is 23.1 Å². The maximum absolute atomic E-state index is 12.5. The Labute approximate surface area is 148 Å². The van der Waals surface area contributed by atoms with Gasteiger partial charge in [-0.2, -0.15) is 10.2 Å². The van der Waals surface area contributed by atoms with Crippen LogP contribution in [-0.2, 0) is 7.05 Å². The molecule has 0 bridgehead atoms. The predicted molar refractivity (Wildman–Crippen MR) is 97.3 cm³/mol. The molecular formula is C16H27ClN6O. The highest BCUT2D eigenvalue weighted by Crippen LogP contribution is 2.25. The molecule has 0 spiro atoms. The molecule has 0 fully saturated rings. The number of aromatic amines is 1. The largest absolute Gasteiger partial charge is 0.344 e. The lowest BCUT2D eigenvalue weighted by Gasteiger charge is -2.33. The minimum absolute atomic E-state index is 0. The number of carbonyl (C=O) groups excluding carboxylic acids is 1. The van der Waals surface area contributed by atoms with Crippen LogP contribution in [0.1, 0.15) is 42.6 Å². The lowest BCUT2D eigenvalue weighted by atomic mass is 9.88. The van der Waals surface area contributed by atoms with E-state index < -0.39 is 5.54 Å². The third kappa shape index (κ3) is 3.62. The van der Waals surface area contributed by atoms with E-state index >= 15 is 0 Å². The molecule has 0 saturated heterocycles. The van der Waals surface area contributed by atoms with Crippen LogP contribution >= 0.6 is 12.4 Å². The summed E-state index contributed by atoms with van der Waals surface area (Å²) in [6, 6.07) is 1.75. The molecule has 8 heteroatoms. The van der Waals surface area contributed by atoms with Crippen molar-refractivity contribution >= 4 is 18.3 Å². The quantitative estimate of drug-likeness (QED) is 0.763. The Balaban J connectivity index is 0.00000288. The van der Waals surface area contributed by atoms with Crippen LogP contribution in [0, 0.1) is 19.8 Å². The molecule has 24 heavy (non-hydrogen) atoms. The standard InChI is InChI=1S/C16H26N6O.ClH/c1-9(2)16(5,8-17)18-15(23)13-7-12(19-20-13)14-10(3)21-22(6)11(14)4;/h7,9H,8,17H2,1-6H3,(H,18,23)(H,19,20);1H. The fraction of sp³-hybridized carbons (Fsp3) is 0.562. The predicted octanol–water partition coefficient (Wildman–Crippen LogP) is 1.95. The molecule has 0 aliphatic rings. The Bertz CT molecular complexity index is 720. The van der Waals surface area contributed by atoms with E-state index in [4.69, 9.17) is 5.73 Å². The van der Waals surface area contributed by atoms with Gasteiger partial charge in [0.2, 0.25) is 0 Å². The Morgan fingerprint density at radius 2 is 2.08 bits per heavy atom. The summed E-state index contributed by atoms with van der Waals surface area (Å²) in [5.41, 5.74) is 9.35. The maximum Gasteiger partial charge on any atom is 0.269 e. The molecule has 1 amide bonds. The molecule has 0 aliphatic heterocycles. The summed E-state index contributed by atoms with van der Waals surface area (Å²) in [7, 11) is 1.89. The van der Waals surface area contributed by atoms with Crippen molar-refractivity contribution in [1.29, 1.82) is 0 Å². The molecule has 4 N–H and O–H groups in total. The number of H-pyrrole nitrogens is 1. The highest BCUT2D eigenvalue weighted by molar-refractivity contribution is 5.94. The lowest BCUT2D eigenvalue weighted by molar-refractivity contribution is 0.0878. The van der Waals surface area contributed by atoms with Gasteiger partial charge in [-0.3, -0.25) is 14.6 Å². The van der Waals surface area contributed by atoms with Crippen LogP contribution in [-0.4, -0.2) is 38.0 Å². The Kier molecular flexibility index (Phi) is 6.19. The van der Waals surface area contributed by atoms with Crippen molar-refractivity contribution in [2.75, 3.05) is 6.54 Å². The number of amides is 1. The average Bonchev–Trinajstić information content (AvgIpc) is 3.04. The topological polar surface area (TPSA) is 102 Å². The second-order valence-corrected chi connectivity index (χ2v) is 6.57. The monoisotopic (exact) mass is 354 g/mol. The van der Waals surface area contributed by atoms with Gasteiger partial charge in [0.15, 0.2) is 0 Å². The maximum atomic E-state index is 12.5.